The summed E-state index contributed by atoms with van der Waals surface area (Å²) in [5, 5.41) is 8.28. The summed E-state index contributed by atoms with van der Waals surface area (Å²) in [6, 6.07) is 14.5. The van der Waals surface area contributed by atoms with E-state index in [1.54, 1.807) is 24.3 Å². The van der Waals surface area contributed by atoms with E-state index < -0.39 is 23.9 Å². The van der Waals surface area contributed by atoms with Crippen LogP contribution in [-0.4, -0.2) is 63.9 Å². The van der Waals surface area contributed by atoms with Crippen LogP contribution in [0.1, 0.15) is 76.7 Å². The molecule has 1 aliphatic carbocycles. The summed E-state index contributed by atoms with van der Waals surface area (Å²) in [4.78, 5) is 62.5. The lowest BCUT2D eigenvalue weighted by Gasteiger charge is -2.38. The van der Waals surface area contributed by atoms with E-state index in [4.69, 9.17) is 23.7 Å². The molecule has 1 saturated carbocycles. The first-order valence-corrected chi connectivity index (χ1v) is 16.7. The van der Waals surface area contributed by atoms with Crippen LogP contribution in [0.4, 0.5) is 16.2 Å². The quantitative estimate of drug-likeness (QED) is 0.131. The fourth-order valence-electron chi connectivity index (χ4n) is 6.32. The molecule has 3 atom stereocenters. The van der Waals surface area contributed by atoms with Gasteiger partial charge in [0, 0.05) is 12.2 Å². The Hall–Kier alpha value is -5.43. The highest BCUT2D eigenvalue weighted by Crippen LogP contribution is 2.37. The molecule has 0 heterocycles. The normalized spacial score (nSPS) is 16.8. The molecule has 3 amide bonds. The lowest BCUT2D eigenvalue weighted by atomic mass is 9.72. The van der Waals surface area contributed by atoms with E-state index in [0.717, 1.165) is 18.4 Å². The molecule has 0 saturated heterocycles. The van der Waals surface area contributed by atoms with Gasteiger partial charge in [0.15, 0.2) is 5.75 Å². The minimum Gasteiger partial charge on any atom is -0.465 e. The highest BCUT2D eigenvalue weighted by molar-refractivity contribution is 6.02. The van der Waals surface area contributed by atoms with Crippen LogP contribution in [0.15, 0.2) is 60.7 Å². The fourth-order valence-corrected chi connectivity index (χ4v) is 6.32. The zero-order chi connectivity index (χ0) is 37.1. The first-order chi connectivity index (χ1) is 24.4. The molecule has 3 N–H and O–H groups in total. The van der Waals surface area contributed by atoms with Gasteiger partial charge in [0.05, 0.1) is 49.8 Å². The number of nitrogens with one attached hydrogen (secondary N) is 3. The molecule has 3 unspecified atom stereocenters. The van der Waals surface area contributed by atoms with E-state index >= 15 is 0 Å². The number of amides is 3. The van der Waals surface area contributed by atoms with Crippen molar-refractivity contribution in [2.24, 2.45) is 17.8 Å². The molecule has 3 aromatic rings. The minimum atomic E-state index is -0.712. The van der Waals surface area contributed by atoms with Gasteiger partial charge in [0.2, 0.25) is 5.91 Å². The second kappa shape index (κ2) is 18.0. The van der Waals surface area contributed by atoms with Gasteiger partial charge in [0.1, 0.15) is 12.4 Å². The van der Waals surface area contributed by atoms with Gasteiger partial charge in [-0.15, -0.1) is 0 Å². The van der Waals surface area contributed by atoms with Gasteiger partial charge in [0.25, 0.3) is 0 Å². The van der Waals surface area contributed by atoms with Gasteiger partial charge in [-0.25, -0.2) is 19.2 Å². The highest BCUT2D eigenvalue weighted by Gasteiger charge is 2.33. The summed E-state index contributed by atoms with van der Waals surface area (Å²) in [6.45, 7) is 6.97. The number of anilines is 2. The smallest absolute Gasteiger partial charge is 0.338 e. The third-order valence-corrected chi connectivity index (χ3v) is 8.76. The second-order valence-electron chi connectivity index (χ2n) is 12.7. The molecule has 13 heteroatoms. The van der Waals surface area contributed by atoms with Gasteiger partial charge in [-0.05, 0) is 78.3 Å². The van der Waals surface area contributed by atoms with E-state index in [-0.39, 0.29) is 52.5 Å². The van der Waals surface area contributed by atoms with Gasteiger partial charge in [-0.2, -0.15) is 0 Å². The Morgan fingerprint density at radius 2 is 1.39 bits per heavy atom. The number of esters is 3. The SMILES string of the molecule is COC(=O)c1cc(Oc2ccc(C(=O)OC)cc2NC(=O)Nc2ccc(CNC(=O)COC3CCCC(C)C3C(C)C)cc2)cc(C(=O)OC)c1. The lowest BCUT2D eigenvalue weighted by Crippen LogP contribution is -2.39. The number of ether oxygens (including phenoxy) is 5. The van der Waals surface area contributed by atoms with E-state index in [1.807, 2.05) is 0 Å². The largest absolute Gasteiger partial charge is 0.465 e. The molecular weight excluding hydrogens is 658 g/mol. The standard InChI is InChI=1S/C38H45N3O10/c1-22(2)34-23(3)8-7-9-32(34)50-21-33(42)39-20-24-10-13-28(14-11-24)40-38(46)41-30-19-25(35(43)47-4)12-15-31(30)51-29-17-26(36(44)48-5)16-27(18-29)37(45)49-6/h10-19,22-23,32,34H,7-9,20-21H2,1-6H3,(H,39,42)(H2,40,41,46). The number of urea groups is 1. The van der Waals surface area contributed by atoms with Crippen LogP contribution in [0, 0.1) is 17.8 Å². The average molecular weight is 704 g/mol. The molecule has 0 bridgehead atoms. The Morgan fingerprint density at radius 1 is 0.765 bits per heavy atom. The molecule has 0 aromatic heterocycles. The molecule has 4 rings (SSSR count). The van der Waals surface area contributed by atoms with Gasteiger partial charge in [-0.1, -0.05) is 45.7 Å². The summed E-state index contributed by atoms with van der Waals surface area (Å²) in [5.41, 5.74) is 1.55. The Morgan fingerprint density at radius 3 is 2.00 bits per heavy atom. The van der Waals surface area contributed by atoms with E-state index in [0.29, 0.717) is 30.0 Å². The van der Waals surface area contributed by atoms with E-state index in [2.05, 4.69) is 36.7 Å². The van der Waals surface area contributed by atoms with Crippen molar-refractivity contribution in [2.45, 2.75) is 52.7 Å². The molecule has 0 aliphatic heterocycles. The Labute approximate surface area is 297 Å². The van der Waals surface area contributed by atoms with Crippen molar-refractivity contribution in [3.8, 4) is 11.5 Å². The van der Waals surface area contributed by atoms with Crippen LogP contribution >= 0.6 is 0 Å². The number of methoxy groups -OCH3 is 3. The number of hydrogen-bond acceptors (Lipinski definition) is 10. The first kappa shape index (κ1) is 38.4. The van der Waals surface area contributed by atoms with Crippen molar-refractivity contribution in [2.75, 3.05) is 38.6 Å². The monoisotopic (exact) mass is 703 g/mol. The van der Waals surface area contributed by atoms with E-state index in [9.17, 15) is 24.0 Å². The maximum atomic E-state index is 13.1. The maximum Gasteiger partial charge on any atom is 0.338 e. The third-order valence-electron chi connectivity index (χ3n) is 8.76. The second-order valence-corrected chi connectivity index (χ2v) is 12.7. The molecular formula is C38H45N3O10. The summed E-state index contributed by atoms with van der Waals surface area (Å²) in [5.74, 6) is -0.623. The summed E-state index contributed by atoms with van der Waals surface area (Å²) in [7, 11) is 3.62. The van der Waals surface area contributed by atoms with Crippen LogP contribution in [0.2, 0.25) is 0 Å². The summed E-state index contributed by atoms with van der Waals surface area (Å²) < 4.78 is 26.4. The van der Waals surface area contributed by atoms with Crippen molar-refractivity contribution < 1.29 is 47.7 Å². The molecule has 0 radical (unpaired) electrons. The van der Waals surface area contributed by atoms with Crippen molar-refractivity contribution >= 4 is 41.2 Å². The van der Waals surface area contributed by atoms with E-state index in [1.165, 1.54) is 64.1 Å². The molecule has 51 heavy (non-hydrogen) atoms. The Kier molecular flexibility index (Phi) is 13.5. The Balaban J connectivity index is 1.40. The topological polar surface area (TPSA) is 168 Å². The molecule has 3 aromatic carbocycles. The van der Waals surface area contributed by atoms with Crippen LogP contribution in [0.25, 0.3) is 0 Å². The van der Waals surface area contributed by atoms with Crippen molar-refractivity contribution in [3.63, 3.8) is 0 Å². The molecule has 272 valence electrons. The number of benzene rings is 3. The predicted octanol–water partition coefficient (Wildman–Crippen LogP) is 6.58. The highest BCUT2D eigenvalue weighted by atomic mass is 16.5. The van der Waals surface area contributed by atoms with Gasteiger partial charge >= 0.3 is 23.9 Å². The maximum absolute atomic E-state index is 13.1. The number of rotatable bonds is 13. The Bertz CT molecular complexity index is 1690. The summed E-state index contributed by atoms with van der Waals surface area (Å²) >= 11 is 0. The predicted molar refractivity (Wildman–Crippen MR) is 189 cm³/mol. The fraction of sp³-hybridized carbons (Fsp3) is 0.395. The molecule has 13 nitrogen and oxygen atoms in total. The molecule has 0 spiro atoms. The van der Waals surface area contributed by atoms with Crippen LogP contribution in [-0.2, 0) is 30.3 Å². The number of carbonyl (C=O) groups excluding carboxylic acids is 5. The zero-order valence-corrected chi connectivity index (χ0v) is 29.7. The van der Waals surface area contributed by atoms with Crippen LogP contribution in [0.5, 0.6) is 11.5 Å². The number of hydrogen-bond donors (Lipinski definition) is 3. The van der Waals surface area contributed by atoms with Gasteiger partial charge in [-0.3, -0.25) is 4.79 Å². The van der Waals surface area contributed by atoms with Crippen molar-refractivity contribution in [1.82, 2.24) is 5.32 Å². The minimum absolute atomic E-state index is 0.00640. The molecule has 1 aliphatic rings. The lowest BCUT2D eigenvalue weighted by molar-refractivity contribution is -0.132. The van der Waals surface area contributed by atoms with Crippen LogP contribution in [0.3, 0.4) is 0 Å². The molecule has 1 fully saturated rings. The third kappa shape index (κ3) is 10.5. The van der Waals surface area contributed by atoms with Crippen molar-refractivity contribution in [1.29, 1.82) is 0 Å². The van der Waals surface area contributed by atoms with Gasteiger partial charge < -0.3 is 39.6 Å². The summed E-state index contributed by atoms with van der Waals surface area (Å²) in [6.07, 6.45) is 3.35. The number of carbonyl (C=O) groups is 5. The first-order valence-electron chi connectivity index (χ1n) is 16.7. The average Bonchev–Trinajstić information content (AvgIpc) is 3.12. The zero-order valence-electron chi connectivity index (χ0n) is 29.7. The van der Waals surface area contributed by atoms with Crippen LogP contribution < -0.4 is 20.7 Å². The van der Waals surface area contributed by atoms with Crippen molar-refractivity contribution in [3.05, 3.63) is 82.9 Å².